The maximum atomic E-state index is 11.3. The van der Waals surface area contributed by atoms with E-state index >= 15 is 0 Å². The van der Waals surface area contributed by atoms with Gasteiger partial charge in [0.05, 0.1) is 23.4 Å². The Kier molecular flexibility index (Phi) is 4.46. The van der Waals surface area contributed by atoms with E-state index in [0.717, 1.165) is 39.1 Å². The summed E-state index contributed by atoms with van der Waals surface area (Å²) >= 11 is 6.18. The third kappa shape index (κ3) is 3.22. The molecule has 0 saturated heterocycles. The van der Waals surface area contributed by atoms with Crippen molar-refractivity contribution in [3.63, 3.8) is 0 Å². The molecular weight excluding hydrogens is 360 g/mol. The molecule has 3 N–H and O–H groups in total. The normalized spacial score (nSPS) is 11.2. The molecular formula is C21H19ClN4O. The number of aromatic amines is 1. The summed E-state index contributed by atoms with van der Waals surface area (Å²) in [5.74, 6) is -0.337. The predicted molar refractivity (Wildman–Crippen MR) is 109 cm³/mol. The van der Waals surface area contributed by atoms with E-state index in [-0.39, 0.29) is 12.3 Å². The van der Waals surface area contributed by atoms with E-state index in [1.807, 2.05) is 53.1 Å². The van der Waals surface area contributed by atoms with Gasteiger partial charge in [-0.25, -0.2) is 4.98 Å². The topological polar surface area (TPSA) is 76.7 Å². The predicted octanol–water partition coefficient (Wildman–Crippen LogP) is 4.54. The van der Waals surface area contributed by atoms with Crippen molar-refractivity contribution < 1.29 is 4.79 Å². The van der Waals surface area contributed by atoms with Crippen molar-refractivity contribution in [1.29, 1.82) is 0 Å². The maximum Gasteiger partial charge on any atom is 0.219 e. The first-order valence-corrected chi connectivity index (χ1v) is 9.09. The zero-order valence-electron chi connectivity index (χ0n) is 14.9. The van der Waals surface area contributed by atoms with Crippen LogP contribution in [0, 0.1) is 6.92 Å². The first kappa shape index (κ1) is 17.4. The maximum absolute atomic E-state index is 11.3. The second-order valence-corrected chi connectivity index (χ2v) is 6.97. The number of amides is 1. The Morgan fingerprint density at radius 1 is 1.22 bits per heavy atom. The van der Waals surface area contributed by atoms with Crippen molar-refractivity contribution in [2.45, 2.75) is 19.9 Å². The SMILES string of the molecule is Cc1c(-c2c(-c3ccccc3)ncn2CCC(N)=O)[nH]c2ccc(Cl)cc12. The molecule has 5 nitrogen and oxygen atoms in total. The minimum absolute atomic E-state index is 0.253. The Hall–Kier alpha value is -3.05. The smallest absolute Gasteiger partial charge is 0.219 e. The van der Waals surface area contributed by atoms with Gasteiger partial charge in [0.25, 0.3) is 0 Å². The van der Waals surface area contributed by atoms with Gasteiger partial charge in [0.2, 0.25) is 5.91 Å². The van der Waals surface area contributed by atoms with Gasteiger partial charge in [0, 0.05) is 34.5 Å². The van der Waals surface area contributed by atoms with E-state index in [4.69, 9.17) is 17.3 Å². The van der Waals surface area contributed by atoms with Gasteiger partial charge in [-0.3, -0.25) is 4.79 Å². The molecule has 27 heavy (non-hydrogen) atoms. The van der Waals surface area contributed by atoms with Gasteiger partial charge in [0.15, 0.2) is 0 Å². The van der Waals surface area contributed by atoms with E-state index in [1.165, 1.54) is 0 Å². The van der Waals surface area contributed by atoms with Crippen molar-refractivity contribution in [2.75, 3.05) is 0 Å². The van der Waals surface area contributed by atoms with Crippen LogP contribution < -0.4 is 5.73 Å². The van der Waals surface area contributed by atoms with Crippen molar-refractivity contribution >= 4 is 28.4 Å². The molecule has 4 rings (SSSR count). The average molecular weight is 379 g/mol. The Morgan fingerprint density at radius 3 is 2.74 bits per heavy atom. The highest BCUT2D eigenvalue weighted by molar-refractivity contribution is 6.31. The van der Waals surface area contributed by atoms with Crippen LogP contribution in [0.4, 0.5) is 0 Å². The Labute approximate surface area is 161 Å². The Morgan fingerprint density at radius 2 is 2.00 bits per heavy atom. The number of halogens is 1. The van der Waals surface area contributed by atoms with Crippen LogP contribution in [0.25, 0.3) is 33.5 Å². The first-order chi connectivity index (χ1) is 13.0. The van der Waals surface area contributed by atoms with Gasteiger partial charge in [-0.15, -0.1) is 0 Å². The lowest BCUT2D eigenvalue weighted by atomic mass is 10.1. The third-order valence-corrected chi connectivity index (χ3v) is 4.98. The summed E-state index contributed by atoms with van der Waals surface area (Å²) in [5, 5.41) is 1.76. The van der Waals surface area contributed by atoms with Crippen LogP contribution in [0.5, 0.6) is 0 Å². The molecule has 0 unspecified atom stereocenters. The van der Waals surface area contributed by atoms with Crippen LogP contribution in [-0.2, 0) is 11.3 Å². The van der Waals surface area contributed by atoms with Crippen molar-refractivity contribution in [1.82, 2.24) is 14.5 Å². The molecule has 0 spiro atoms. The van der Waals surface area contributed by atoms with Gasteiger partial charge in [0.1, 0.15) is 0 Å². The summed E-state index contributed by atoms with van der Waals surface area (Å²) in [5.41, 5.74) is 11.2. The highest BCUT2D eigenvalue weighted by atomic mass is 35.5. The largest absolute Gasteiger partial charge is 0.370 e. The summed E-state index contributed by atoms with van der Waals surface area (Å²) in [6, 6.07) is 15.8. The van der Waals surface area contributed by atoms with Crippen molar-refractivity contribution in [2.24, 2.45) is 5.73 Å². The molecule has 2 aromatic heterocycles. The second kappa shape index (κ2) is 6.93. The Bertz CT molecular complexity index is 1130. The van der Waals surface area contributed by atoms with E-state index in [9.17, 15) is 4.79 Å². The molecule has 0 radical (unpaired) electrons. The van der Waals surface area contributed by atoms with Crippen LogP contribution in [0.2, 0.25) is 5.02 Å². The number of carbonyl (C=O) groups is 1. The first-order valence-electron chi connectivity index (χ1n) is 8.71. The fourth-order valence-corrected chi connectivity index (χ4v) is 3.56. The molecule has 136 valence electrons. The lowest BCUT2D eigenvalue weighted by Gasteiger charge is -2.10. The minimum Gasteiger partial charge on any atom is -0.370 e. The van der Waals surface area contributed by atoms with Crippen molar-refractivity contribution in [3.05, 3.63) is 65.4 Å². The monoisotopic (exact) mass is 378 g/mol. The number of nitrogens with zero attached hydrogens (tertiary/aromatic N) is 2. The number of H-pyrrole nitrogens is 1. The van der Waals surface area contributed by atoms with Gasteiger partial charge in [-0.05, 0) is 30.7 Å². The molecule has 0 bridgehead atoms. The van der Waals surface area contributed by atoms with E-state index < -0.39 is 0 Å². The number of primary amides is 1. The fraction of sp³-hybridized carbons (Fsp3) is 0.143. The number of carbonyl (C=O) groups excluding carboxylic acids is 1. The molecule has 2 aromatic carbocycles. The summed E-state index contributed by atoms with van der Waals surface area (Å²) in [7, 11) is 0. The molecule has 2 heterocycles. The summed E-state index contributed by atoms with van der Waals surface area (Å²) in [6.07, 6.45) is 2.02. The zero-order valence-corrected chi connectivity index (χ0v) is 15.6. The number of nitrogens with one attached hydrogen (secondary N) is 1. The lowest BCUT2D eigenvalue weighted by molar-refractivity contribution is -0.118. The third-order valence-electron chi connectivity index (χ3n) is 4.74. The summed E-state index contributed by atoms with van der Waals surface area (Å²) in [6.45, 7) is 2.53. The molecule has 0 fully saturated rings. The number of hydrogen-bond acceptors (Lipinski definition) is 2. The summed E-state index contributed by atoms with van der Waals surface area (Å²) in [4.78, 5) is 19.4. The molecule has 1 amide bonds. The van der Waals surface area contributed by atoms with Gasteiger partial charge in [-0.2, -0.15) is 0 Å². The van der Waals surface area contributed by atoms with Crippen LogP contribution in [0.15, 0.2) is 54.9 Å². The molecule has 0 saturated carbocycles. The van der Waals surface area contributed by atoms with Crippen LogP contribution >= 0.6 is 11.6 Å². The number of rotatable bonds is 5. The van der Waals surface area contributed by atoms with Crippen molar-refractivity contribution in [3.8, 4) is 22.6 Å². The summed E-state index contributed by atoms with van der Waals surface area (Å²) < 4.78 is 1.98. The van der Waals surface area contributed by atoms with Crippen LogP contribution in [0.3, 0.4) is 0 Å². The molecule has 0 aliphatic carbocycles. The fourth-order valence-electron chi connectivity index (χ4n) is 3.39. The number of benzene rings is 2. The van der Waals surface area contributed by atoms with E-state index in [1.54, 1.807) is 6.33 Å². The van der Waals surface area contributed by atoms with E-state index in [0.29, 0.717) is 11.6 Å². The standard InChI is InChI=1S/C21H19ClN4O/c1-13-16-11-15(22)7-8-17(16)25-19(13)21-20(14-5-3-2-4-6-14)24-12-26(21)10-9-18(23)27/h2-8,11-12,25H,9-10H2,1H3,(H2,23,27). The molecule has 0 aliphatic rings. The number of aromatic nitrogens is 3. The quantitative estimate of drug-likeness (QED) is 0.535. The molecule has 6 heteroatoms. The highest BCUT2D eigenvalue weighted by Crippen LogP contribution is 2.36. The molecule has 0 aliphatic heterocycles. The van der Waals surface area contributed by atoms with E-state index in [2.05, 4.69) is 16.9 Å². The molecule has 0 atom stereocenters. The Balaban J connectivity index is 1.93. The van der Waals surface area contributed by atoms with Gasteiger partial charge in [-0.1, -0.05) is 41.9 Å². The zero-order chi connectivity index (χ0) is 19.0. The average Bonchev–Trinajstić information content (AvgIpc) is 3.22. The number of nitrogens with two attached hydrogens (primary N) is 1. The minimum atomic E-state index is -0.337. The number of aryl methyl sites for hydroxylation is 2. The van der Waals surface area contributed by atoms with Gasteiger partial charge < -0.3 is 15.3 Å². The number of imidazole rings is 1. The lowest BCUT2D eigenvalue weighted by Crippen LogP contribution is -2.14. The highest BCUT2D eigenvalue weighted by Gasteiger charge is 2.20. The number of fused-ring (bicyclic) bond motifs is 1. The van der Waals surface area contributed by atoms with Gasteiger partial charge >= 0.3 is 0 Å². The van der Waals surface area contributed by atoms with Crippen LogP contribution in [0.1, 0.15) is 12.0 Å². The number of hydrogen-bond donors (Lipinski definition) is 2. The second-order valence-electron chi connectivity index (χ2n) is 6.53. The molecule has 4 aromatic rings. The van der Waals surface area contributed by atoms with Crippen LogP contribution in [-0.4, -0.2) is 20.4 Å².